The summed E-state index contributed by atoms with van der Waals surface area (Å²) in [7, 11) is 0. The van der Waals surface area contributed by atoms with Gasteiger partial charge in [-0.1, -0.05) is 17.8 Å². The van der Waals surface area contributed by atoms with Crippen LogP contribution >= 0.6 is 34.4 Å². The molecule has 1 unspecified atom stereocenters. The van der Waals surface area contributed by atoms with Gasteiger partial charge in [0.2, 0.25) is 5.91 Å². The number of nitro benzene ring substituents is 1. The number of benzene rings is 1. The van der Waals surface area contributed by atoms with Crippen LogP contribution in [0, 0.1) is 17.0 Å². The Hall–Kier alpha value is -4.61. The van der Waals surface area contributed by atoms with Gasteiger partial charge in [0.1, 0.15) is 9.88 Å². The van der Waals surface area contributed by atoms with Gasteiger partial charge in [-0.05, 0) is 56.8 Å². The van der Waals surface area contributed by atoms with E-state index in [1.165, 1.54) is 35.6 Å². The largest absolute Gasteiger partial charge is 0.462 e. The number of nitrogens with zero attached hydrogens (tertiary/aromatic N) is 4. The first-order valence-corrected chi connectivity index (χ1v) is 16.1. The quantitative estimate of drug-likeness (QED) is 0.0842. The van der Waals surface area contributed by atoms with Crippen molar-refractivity contribution >= 4 is 68.9 Å². The van der Waals surface area contributed by atoms with Gasteiger partial charge in [0, 0.05) is 17.8 Å². The fourth-order valence-electron chi connectivity index (χ4n) is 4.00. The standard InChI is InChI=1S/C28H28N6O8S3/c1-5-41-26(37)21-15(3)22(27(38)42-6-2)45-25(21)30-23(35)16(4)44-28-32-31-20(14-29-24(36)19-8-7-13-43-19)33(28)17-9-11-18(12-10-17)34(39)40/h7-13,16H,5-6,14H2,1-4H3,(H,29,36)(H,30,35). The lowest BCUT2D eigenvalue weighted by molar-refractivity contribution is -0.384. The van der Waals surface area contributed by atoms with Gasteiger partial charge in [-0.3, -0.25) is 24.3 Å². The van der Waals surface area contributed by atoms with Gasteiger partial charge in [-0.25, -0.2) is 9.59 Å². The van der Waals surface area contributed by atoms with Gasteiger partial charge in [-0.15, -0.1) is 32.9 Å². The molecule has 4 rings (SSSR count). The van der Waals surface area contributed by atoms with Gasteiger partial charge < -0.3 is 20.1 Å². The van der Waals surface area contributed by atoms with E-state index in [-0.39, 0.29) is 52.0 Å². The first-order chi connectivity index (χ1) is 21.5. The van der Waals surface area contributed by atoms with Gasteiger partial charge >= 0.3 is 11.9 Å². The van der Waals surface area contributed by atoms with Crippen molar-refractivity contribution in [1.82, 2.24) is 20.1 Å². The van der Waals surface area contributed by atoms with E-state index in [0.717, 1.165) is 23.1 Å². The maximum absolute atomic E-state index is 13.4. The van der Waals surface area contributed by atoms with E-state index in [9.17, 15) is 29.3 Å². The maximum Gasteiger partial charge on any atom is 0.348 e. The van der Waals surface area contributed by atoms with Crippen LogP contribution in [0.3, 0.4) is 0 Å². The summed E-state index contributed by atoms with van der Waals surface area (Å²) in [5.74, 6) is -1.81. The molecule has 0 fully saturated rings. The molecule has 0 aliphatic heterocycles. The third-order valence-electron chi connectivity index (χ3n) is 6.15. The second-order valence-electron chi connectivity index (χ2n) is 9.12. The zero-order valence-electron chi connectivity index (χ0n) is 24.5. The molecule has 45 heavy (non-hydrogen) atoms. The normalized spacial score (nSPS) is 11.5. The Labute approximate surface area is 269 Å². The van der Waals surface area contributed by atoms with Gasteiger partial charge in [0.15, 0.2) is 11.0 Å². The van der Waals surface area contributed by atoms with E-state index in [1.54, 1.807) is 49.8 Å². The predicted molar refractivity (Wildman–Crippen MR) is 168 cm³/mol. The van der Waals surface area contributed by atoms with E-state index in [0.29, 0.717) is 22.0 Å². The number of hydrogen-bond acceptors (Lipinski definition) is 13. The number of thiophene rings is 2. The minimum absolute atomic E-state index is 0.0180. The average Bonchev–Trinajstić information content (AvgIpc) is 3.76. The van der Waals surface area contributed by atoms with Crippen LogP contribution in [-0.2, 0) is 20.8 Å². The van der Waals surface area contributed by atoms with Crippen molar-refractivity contribution in [2.24, 2.45) is 0 Å². The van der Waals surface area contributed by atoms with Crippen LogP contribution in [0.2, 0.25) is 0 Å². The molecule has 0 saturated carbocycles. The number of rotatable bonds is 13. The number of nitrogens with one attached hydrogen (secondary N) is 2. The molecular weight excluding hydrogens is 645 g/mol. The second kappa shape index (κ2) is 14.9. The molecule has 4 aromatic rings. The molecule has 0 bridgehead atoms. The number of nitro groups is 1. The summed E-state index contributed by atoms with van der Waals surface area (Å²) in [6.45, 7) is 6.71. The van der Waals surface area contributed by atoms with Crippen molar-refractivity contribution in [3.05, 3.63) is 78.6 Å². The molecule has 0 spiro atoms. The fourth-order valence-corrected chi connectivity index (χ4v) is 6.61. The van der Waals surface area contributed by atoms with E-state index in [1.807, 2.05) is 0 Å². The summed E-state index contributed by atoms with van der Waals surface area (Å²) in [5, 5.41) is 26.6. The third kappa shape index (κ3) is 7.73. The number of carbonyl (C=O) groups excluding carboxylic acids is 4. The smallest absolute Gasteiger partial charge is 0.348 e. The molecule has 2 amide bonds. The van der Waals surface area contributed by atoms with E-state index >= 15 is 0 Å². The lowest BCUT2D eigenvalue weighted by Gasteiger charge is -2.14. The lowest BCUT2D eigenvalue weighted by atomic mass is 10.1. The zero-order chi connectivity index (χ0) is 32.7. The summed E-state index contributed by atoms with van der Waals surface area (Å²) in [5.41, 5.74) is 0.749. The van der Waals surface area contributed by atoms with Crippen molar-refractivity contribution in [2.75, 3.05) is 18.5 Å². The molecule has 14 nitrogen and oxygen atoms in total. The highest BCUT2D eigenvalue weighted by atomic mass is 32.2. The fraction of sp³-hybridized carbons (Fsp3) is 0.286. The number of hydrogen-bond donors (Lipinski definition) is 2. The van der Waals surface area contributed by atoms with E-state index < -0.39 is 28.0 Å². The first-order valence-electron chi connectivity index (χ1n) is 13.5. The highest BCUT2D eigenvalue weighted by Crippen LogP contribution is 2.35. The Morgan fingerprint density at radius 1 is 1.07 bits per heavy atom. The van der Waals surface area contributed by atoms with Crippen LogP contribution in [-0.4, -0.2) is 61.9 Å². The van der Waals surface area contributed by atoms with Crippen LogP contribution in [0.15, 0.2) is 46.9 Å². The van der Waals surface area contributed by atoms with Crippen LogP contribution < -0.4 is 10.6 Å². The Morgan fingerprint density at radius 2 is 1.76 bits per heavy atom. The molecule has 0 aliphatic rings. The molecule has 0 radical (unpaired) electrons. The molecule has 2 N–H and O–H groups in total. The van der Waals surface area contributed by atoms with Gasteiger partial charge in [-0.2, -0.15) is 0 Å². The Bertz CT molecular complexity index is 1720. The summed E-state index contributed by atoms with van der Waals surface area (Å²) in [6.07, 6.45) is 0. The number of esters is 2. The maximum atomic E-state index is 13.4. The molecule has 0 saturated heterocycles. The number of non-ortho nitro benzene ring substituents is 1. The van der Waals surface area contributed by atoms with E-state index in [2.05, 4.69) is 20.8 Å². The minimum Gasteiger partial charge on any atom is -0.462 e. The third-order valence-corrected chi connectivity index (χ3v) is 9.25. The number of amides is 2. The lowest BCUT2D eigenvalue weighted by Crippen LogP contribution is -2.25. The Balaban J connectivity index is 1.60. The number of anilines is 1. The molecule has 17 heteroatoms. The van der Waals surface area contributed by atoms with Gasteiger partial charge in [0.25, 0.3) is 11.6 Å². The monoisotopic (exact) mass is 672 g/mol. The SMILES string of the molecule is CCOC(=O)c1sc(NC(=O)C(C)Sc2nnc(CNC(=O)c3cccs3)n2-c2ccc([N+](=O)[O-])cc2)c(C(=O)OCC)c1C. The summed E-state index contributed by atoms with van der Waals surface area (Å²) < 4.78 is 11.9. The highest BCUT2D eigenvalue weighted by Gasteiger charge is 2.29. The average molecular weight is 673 g/mol. The summed E-state index contributed by atoms with van der Waals surface area (Å²) >= 11 is 3.23. The minimum atomic E-state index is -0.803. The second-order valence-corrected chi connectivity index (χ2v) is 12.4. The van der Waals surface area contributed by atoms with Crippen molar-refractivity contribution in [1.29, 1.82) is 0 Å². The zero-order valence-corrected chi connectivity index (χ0v) is 27.0. The molecule has 1 atom stereocenters. The van der Waals surface area contributed by atoms with Crippen molar-refractivity contribution in [3.8, 4) is 5.69 Å². The molecule has 236 valence electrons. The molecule has 3 heterocycles. The van der Waals surface area contributed by atoms with Crippen molar-refractivity contribution in [3.63, 3.8) is 0 Å². The van der Waals surface area contributed by atoms with Crippen LogP contribution in [0.25, 0.3) is 5.69 Å². The molecular formula is C28H28N6O8S3. The number of thioether (sulfide) groups is 1. The predicted octanol–water partition coefficient (Wildman–Crippen LogP) is 5.01. The topological polar surface area (TPSA) is 185 Å². The van der Waals surface area contributed by atoms with Crippen LogP contribution in [0.4, 0.5) is 10.7 Å². The molecule has 0 aliphatic carbocycles. The van der Waals surface area contributed by atoms with Crippen LogP contribution in [0.1, 0.15) is 61.9 Å². The Morgan fingerprint density at radius 3 is 2.38 bits per heavy atom. The first kappa shape index (κ1) is 33.3. The van der Waals surface area contributed by atoms with Crippen molar-refractivity contribution in [2.45, 2.75) is 44.6 Å². The molecule has 1 aromatic carbocycles. The summed E-state index contributed by atoms with van der Waals surface area (Å²) in [4.78, 5) is 62.6. The van der Waals surface area contributed by atoms with Gasteiger partial charge in [0.05, 0.1) is 40.4 Å². The summed E-state index contributed by atoms with van der Waals surface area (Å²) in [6, 6.07) is 9.11. The molecule has 3 aromatic heterocycles. The Kier molecular flexibility index (Phi) is 11.0. The number of carbonyl (C=O) groups is 4. The van der Waals surface area contributed by atoms with E-state index in [4.69, 9.17) is 9.47 Å². The highest BCUT2D eigenvalue weighted by molar-refractivity contribution is 8.00. The van der Waals surface area contributed by atoms with Crippen LogP contribution in [0.5, 0.6) is 0 Å². The van der Waals surface area contributed by atoms with Crippen molar-refractivity contribution < 1.29 is 33.6 Å². The number of aromatic nitrogens is 3. The number of ether oxygens (including phenoxy) is 2.